The van der Waals surface area contributed by atoms with Crippen LogP contribution in [0.3, 0.4) is 0 Å². The van der Waals surface area contributed by atoms with Crippen LogP contribution in [0.1, 0.15) is 10.7 Å². The minimum atomic E-state index is -0.983. The van der Waals surface area contributed by atoms with Crippen molar-refractivity contribution in [1.29, 1.82) is 0 Å². The van der Waals surface area contributed by atoms with E-state index in [9.17, 15) is 4.79 Å². The molecule has 12 heavy (non-hydrogen) atoms. The van der Waals surface area contributed by atoms with E-state index < -0.39 is 12.0 Å². The molecule has 3 N–H and O–H groups in total. The number of aliphatic carboxylic acids is 1. The maximum absolute atomic E-state index is 10.4. The van der Waals surface area contributed by atoms with Crippen molar-refractivity contribution in [3.05, 3.63) is 16.1 Å². The van der Waals surface area contributed by atoms with Gasteiger partial charge >= 0.3 is 5.97 Å². The minimum Gasteiger partial charge on any atom is -0.480 e. The maximum atomic E-state index is 10.4. The summed E-state index contributed by atoms with van der Waals surface area (Å²) in [5, 5.41) is 11.2. The molecule has 1 atom stereocenters. The molecule has 0 fully saturated rings. The first-order chi connectivity index (χ1) is 5.59. The minimum absolute atomic E-state index is 0.313. The van der Waals surface area contributed by atoms with E-state index in [1.807, 2.05) is 12.3 Å². The van der Waals surface area contributed by atoms with Crippen LogP contribution in [-0.4, -0.2) is 22.1 Å². The first-order valence-electron chi connectivity index (χ1n) is 3.49. The van der Waals surface area contributed by atoms with Crippen molar-refractivity contribution < 1.29 is 9.90 Å². The van der Waals surface area contributed by atoms with Crippen molar-refractivity contribution in [2.24, 2.45) is 5.73 Å². The molecule has 1 rings (SSSR count). The number of thiazole rings is 1. The van der Waals surface area contributed by atoms with Crippen molar-refractivity contribution in [2.75, 3.05) is 0 Å². The van der Waals surface area contributed by atoms with Gasteiger partial charge in [0, 0.05) is 17.5 Å². The van der Waals surface area contributed by atoms with E-state index in [-0.39, 0.29) is 0 Å². The smallest absolute Gasteiger partial charge is 0.320 e. The summed E-state index contributed by atoms with van der Waals surface area (Å²) in [7, 11) is 0. The Morgan fingerprint density at radius 1 is 1.92 bits per heavy atom. The average molecular weight is 186 g/mol. The highest BCUT2D eigenvalue weighted by Gasteiger charge is 2.13. The summed E-state index contributed by atoms with van der Waals surface area (Å²) in [5.74, 6) is -0.983. The highest BCUT2D eigenvalue weighted by molar-refractivity contribution is 7.09. The molecule has 66 valence electrons. The lowest BCUT2D eigenvalue weighted by molar-refractivity contribution is -0.138. The van der Waals surface area contributed by atoms with E-state index in [2.05, 4.69) is 4.98 Å². The number of nitrogens with zero attached hydrogens (tertiary/aromatic N) is 1. The highest BCUT2D eigenvalue weighted by Crippen LogP contribution is 2.10. The van der Waals surface area contributed by atoms with Crippen LogP contribution in [0.5, 0.6) is 0 Å². The second-order valence-electron chi connectivity index (χ2n) is 2.53. The van der Waals surface area contributed by atoms with Gasteiger partial charge in [0.15, 0.2) is 0 Å². The van der Waals surface area contributed by atoms with Gasteiger partial charge in [-0.25, -0.2) is 4.98 Å². The second-order valence-corrected chi connectivity index (χ2v) is 3.47. The molecular weight excluding hydrogens is 176 g/mol. The zero-order valence-corrected chi connectivity index (χ0v) is 7.47. The van der Waals surface area contributed by atoms with Gasteiger partial charge in [-0.2, -0.15) is 0 Å². The van der Waals surface area contributed by atoms with Crippen LogP contribution in [0.25, 0.3) is 0 Å². The Hall–Kier alpha value is -0.940. The molecule has 0 saturated heterocycles. The summed E-state index contributed by atoms with van der Waals surface area (Å²) in [6.07, 6.45) is 0.313. The predicted octanol–water partition coefficient (Wildman–Crippen LogP) is 0.406. The van der Waals surface area contributed by atoms with Gasteiger partial charge in [0.25, 0.3) is 0 Å². The number of carboxylic acid groups (broad SMARTS) is 1. The zero-order valence-electron chi connectivity index (χ0n) is 6.65. The van der Waals surface area contributed by atoms with Crippen LogP contribution in [0.2, 0.25) is 0 Å². The zero-order chi connectivity index (χ0) is 9.14. The Balaban J connectivity index is 2.58. The van der Waals surface area contributed by atoms with Gasteiger partial charge in [-0.3, -0.25) is 4.79 Å². The first-order valence-corrected chi connectivity index (χ1v) is 4.37. The van der Waals surface area contributed by atoms with Crippen LogP contribution < -0.4 is 5.73 Å². The molecule has 0 amide bonds. The molecule has 1 unspecified atom stereocenters. The number of nitrogens with two attached hydrogens (primary N) is 1. The summed E-state index contributed by atoms with van der Waals surface area (Å²) in [6.45, 7) is 1.87. The Kier molecular flexibility index (Phi) is 2.78. The largest absolute Gasteiger partial charge is 0.480 e. The first kappa shape index (κ1) is 9.15. The molecule has 0 aliphatic carbocycles. The summed E-state index contributed by atoms with van der Waals surface area (Å²) < 4.78 is 0. The quantitative estimate of drug-likeness (QED) is 0.716. The van der Waals surface area contributed by atoms with Gasteiger partial charge in [-0.15, -0.1) is 11.3 Å². The summed E-state index contributed by atoms with van der Waals surface area (Å²) >= 11 is 1.44. The van der Waals surface area contributed by atoms with Crippen molar-refractivity contribution in [3.63, 3.8) is 0 Å². The molecule has 1 heterocycles. The predicted molar refractivity (Wildman–Crippen MR) is 46.2 cm³/mol. The van der Waals surface area contributed by atoms with Crippen molar-refractivity contribution in [2.45, 2.75) is 19.4 Å². The molecule has 1 aromatic rings. The Morgan fingerprint density at radius 3 is 3.00 bits per heavy atom. The number of rotatable bonds is 3. The van der Waals surface area contributed by atoms with Crippen LogP contribution >= 0.6 is 11.3 Å². The van der Waals surface area contributed by atoms with E-state index in [0.717, 1.165) is 10.7 Å². The van der Waals surface area contributed by atoms with E-state index in [1.165, 1.54) is 11.3 Å². The summed E-state index contributed by atoms with van der Waals surface area (Å²) in [6, 6.07) is -0.837. The Morgan fingerprint density at radius 2 is 2.58 bits per heavy atom. The Labute approximate surface area is 74.0 Å². The SMILES string of the molecule is Cc1csc(CC(N)C(=O)O)n1. The van der Waals surface area contributed by atoms with E-state index >= 15 is 0 Å². The number of aryl methyl sites for hydroxylation is 1. The third-order valence-electron chi connectivity index (χ3n) is 1.38. The van der Waals surface area contributed by atoms with Gasteiger partial charge in [0.1, 0.15) is 6.04 Å². The number of carboxylic acids is 1. The second kappa shape index (κ2) is 3.64. The molecule has 0 aromatic carbocycles. The lowest BCUT2D eigenvalue weighted by Crippen LogP contribution is -2.32. The molecule has 4 nitrogen and oxygen atoms in total. The van der Waals surface area contributed by atoms with Crippen LogP contribution in [0.15, 0.2) is 5.38 Å². The van der Waals surface area contributed by atoms with Crippen molar-refractivity contribution in [3.8, 4) is 0 Å². The molecule has 0 saturated carbocycles. The molecular formula is C7H10N2O2S. The van der Waals surface area contributed by atoms with E-state index in [1.54, 1.807) is 0 Å². The maximum Gasteiger partial charge on any atom is 0.320 e. The topological polar surface area (TPSA) is 76.2 Å². The molecule has 1 aromatic heterocycles. The van der Waals surface area contributed by atoms with Crippen molar-refractivity contribution >= 4 is 17.3 Å². The summed E-state index contributed by atoms with van der Waals surface area (Å²) in [5.41, 5.74) is 6.23. The standard InChI is InChI=1S/C7H10N2O2S/c1-4-3-12-6(9-4)2-5(8)7(10)11/h3,5H,2,8H2,1H3,(H,10,11). The van der Waals surface area contributed by atoms with Crippen LogP contribution in [0.4, 0.5) is 0 Å². The number of hydrogen-bond acceptors (Lipinski definition) is 4. The number of hydrogen-bond donors (Lipinski definition) is 2. The third kappa shape index (κ3) is 2.28. The Bertz CT molecular complexity index is 285. The molecule has 0 aliphatic rings. The lowest BCUT2D eigenvalue weighted by atomic mass is 10.2. The van der Waals surface area contributed by atoms with Crippen LogP contribution in [0, 0.1) is 6.92 Å². The number of aromatic nitrogens is 1. The third-order valence-corrected chi connectivity index (χ3v) is 2.37. The van der Waals surface area contributed by atoms with Gasteiger partial charge < -0.3 is 10.8 Å². The van der Waals surface area contributed by atoms with E-state index in [0.29, 0.717) is 6.42 Å². The van der Waals surface area contributed by atoms with Gasteiger partial charge in [0.2, 0.25) is 0 Å². The van der Waals surface area contributed by atoms with Crippen molar-refractivity contribution in [1.82, 2.24) is 4.98 Å². The van der Waals surface area contributed by atoms with E-state index in [4.69, 9.17) is 10.8 Å². The fraction of sp³-hybridized carbons (Fsp3) is 0.429. The monoisotopic (exact) mass is 186 g/mol. The van der Waals surface area contributed by atoms with Crippen LogP contribution in [-0.2, 0) is 11.2 Å². The van der Waals surface area contributed by atoms with Gasteiger partial charge in [-0.1, -0.05) is 0 Å². The lowest BCUT2D eigenvalue weighted by Gasteiger charge is -2.01. The highest BCUT2D eigenvalue weighted by atomic mass is 32.1. The molecule has 5 heteroatoms. The normalized spacial score (nSPS) is 12.8. The molecule has 0 aliphatic heterocycles. The molecule has 0 spiro atoms. The van der Waals surface area contributed by atoms with Gasteiger partial charge in [0.05, 0.1) is 5.01 Å². The fourth-order valence-electron chi connectivity index (χ4n) is 0.772. The average Bonchev–Trinajstić information content (AvgIpc) is 2.35. The summed E-state index contributed by atoms with van der Waals surface area (Å²) in [4.78, 5) is 14.5. The number of carbonyl (C=O) groups is 1. The fourth-order valence-corrected chi connectivity index (χ4v) is 1.60. The van der Waals surface area contributed by atoms with Gasteiger partial charge in [-0.05, 0) is 6.92 Å². The molecule has 0 bridgehead atoms. The molecule has 0 radical (unpaired) electrons.